The quantitative estimate of drug-likeness (QED) is 0.669. The van der Waals surface area contributed by atoms with Gasteiger partial charge in [0.15, 0.2) is 0 Å². The molecule has 4 nitrogen and oxygen atoms in total. The lowest BCUT2D eigenvalue weighted by molar-refractivity contribution is -0.121. The number of amides is 1. The first-order valence-electron chi connectivity index (χ1n) is 8.52. The Hall–Kier alpha value is -2.79. The summed E-state index contributed by atoms with van der Waals surface area (Å²) in [6.07, 6.45) is 1.50. The average molecular weight is 385 g/mol. The van der Waals surface area contributed by atoms with Crippen molar-refractivity contribution < 1.29 is 14.0 Å². The Bertz CT molecular complexity index is 1030. The van der Waals surface area contributed by atoms with Gasteiger partial charge in [-0.1, -0.05) is 49.7 Å². The minimum absolute atomic E-state index is 0.0394. The van der Waals surface area contributed by atoms with Gasteiger partial charge in [0.25, 0.3) is 5.91 Å². The highest BCUT2D eigenvalue weighted by molar-refractivity contribution is 6.34. The summed E-state index contributed by atoms with van der Waals surface area (Å²) in [5.41, 5.74) is 0.568. The number of benzene rings is 2. The number of aromatic nitrogens is 1. The van der Waals surface area contributed by atoms with Crippen LogP contribution < -0.4 is 5.32 Å². The van der Waals surface area contributed by atoms with Gasteiger partial charge in [0.2, 0.25) is 0 Å². The van der Waals surface area contributed by atoms with Crippen LogP contribution in [0.5, 0.6) is 0 Å². The Balaban J connectivity index is 1.88. The molecule has 0 atom stereocenters. The molecule has 0 saturated heterocycles. The van der Waals surface area contributed by atoms with E-state index < -0.39 is 11.7 Å². The van der Waals surface area contributed by atoms with Gasteiger partial charge >= 0.3 is 0 Å². The summed E-state index contributed by atoms with van der Waals surface area (Å²) in [5.74, 6) is -1.35. The van der Waals surface area contributed by atoms with Crippen LogP contribution in [0.2, 0.25) is 5.02 Å². The highest BCUT2D eigenvalue weighted by atomic mass is 35.5. The van der Waals surface area contributed by atoms with Gasteiger partial charge in [-0.25, -0.2) is 4.39 Å². The van der Waals surface area contributed by atoms with Crippen LogP contribution >= 0.6 is 11.6 Å². The summed E-state index contributed by atoms with van der Waals surface area (Å²) in [5, 5.41) is 4.33. The van der Waals surface area contributed by atoms with Crippen molar-refractivity contribution in [3.05, 3.63) is 70.8 Å². The molecule has 1 heterocycles. The number of Topliss-reactive ketones (excluding diaryl/α,β-unsaturated/α-hetero) is 1. The maximum atomic E-state index is 14.4. The lowest BCUT2D eigenvalue weighted by Gasteiger charge is -2.12. The Morgan fingerprint density at radius 1 is 1.19 bits per heavy atom. The van der Waals surface area contributed by atoms with E-state index in [0.29, 0.717) is 5.39 Å². The van der Waals surface area contributed by atoms with Crippen molar-refractivity contribution in [2.75, 3.05) is 5.32 Å². The van der Waals surface area contributed by atoms with E-state index in [-0.39, 0.29) is 40.1 Å². The lowest BCUT2D eigenvalue weighted by atomic mass is 10.0. The van der Waals surface area contributed by atoms with Crippen molar-refractivity contribution in [2.45, 2.75) is 20.3 Å². The normalized spacial score (nSPS) is 11.0. The lowest BCUT2D eigenvalue weighted by Crippen LogP contribution is -2.15. The van der Waals surface area contributed by atoms with Crippen molar-refractivity contribution >= 4 is 39.8 Å². The molecule has 27 heavy (non-hydrogen) atoms. The second-order valence-electron chi connectivity index (χ2n) is 6.56. The summed E-state index contributed by atoms with van der Waals surface area (Å²) in [4.78, 5) is 28.6. The standard InChI is InChI=1S/C21H18ClFN2O2/c1-12(2)19(26)10-14-9-16(22)18(11-17(14)23)25-21(27)20-15-6-4-3-5-13(15)7-8-24-20/h3-9,11-12H,10H2,1-2H3,(H,25,27). The number of ketones is 1. The smallest absolute Gasteiger partial charge is 0.274 e. The summed E-state index contributed by atoms with van der Waals surface area (Å²) in [6.45, 7) is 3.52. The van der Waals surface area contributed by atoms with E-state index in [0.717, 1.165) is 11.5 Å². The van der Waals surface area contributed by atoms with Gasteiger partial charge in [0, 0.05) is 23.9 Å². The molecule has 0 aliphatic heterocycles. The molecule has 3 rings (SSSR count). The fourth-order valence-electron chi connectivity index (χ4n) is 2.69. The van der Waals surface area contributed by atoms with Crippen LogP contribution in [0.15, 0.2) is 48.7 Å². The molecule has 3 aromatic rings. The molecule has 1 N–H and O–H groups in total. The van der Waals surface area contributed by atoms with Crippen molar-refractivity contribution in [1.82, 2.24) is 4.98 Å². The Labute approximate surface area is 161 Å². The van der Waals surface area contributed by atoms with E-state index in [2.05, 4.69) is 10.3 Å². The molecule has 1 amide bonds. The zero-order valence-corrected chi connectivity index (χ0v) is 15.7. The molecule has 0 bridgehead atoms. The van der Waals surface area contributed by atoms with Crippen molar-refractivity contribution in [1.29, 1.82) is 0 Å². The number of carbonyl (C=O) groups excluding carboxylic acids is 2. The molecule has 138 valence electrons. The fraction of sp³-hybridized carbons (Fsp3) is 0.190. The van der Waals surface area contributed by atoms with E-state index in [4.69, 9.17) is 11.6 Å². The van der Waals surface area contributed by atoms with Crippen LogP contribution in [0.4, 0.5) is 10.1 Å². The maximum absolute atomic E-state index is 14.4. The zero-order chi connectivity index (χ0) is 19.6. The molecule has 0 radical (unpaired) electrons. The van der Waals surface area contributed by atoms with Gasteiger partial charge in [-0.3, -0.25) is 14.6 Å². The number of halogens is 2. The topological polar surface area (TPSA) is 59.1 Å². The molecule has 0 unspecified atom stereocenters. The van der Waals surface area contributed by atoms with Crippen LogP contribution in [0.25, 0.3) is 10.8 Å². The van der Waals surface area contributed by atoms with Crippen LogP contribution in [-0.4, -0.2) is 16.7 Å². The largest absolute Gasteiger partial charge is 0.319 e. The Morgan fingerprint density at radius 3 is 2.67 bits per heavy atom. The van der Waals surface area contributed by atoms with Crippen molar-refractivity contribution in [3.8, 4) is 0 Å². The third-order valence-electron chi connectivity index (χ3n) is 4.28. The summed E-state index contributed by atoms with van der Waals surface area (Å²) < 4.78 is 14.4. The number of nitrogens with zero attached hydrogens (tertiary/aromatic N) is 1. The van der Waals surface area contributed by atoms with Crippen molar-refractivity contribution in [3.63, 3.8) is 0 Å². The minimum atomic E-state index is -0.588. The summed E-state index contributed by atoms with van der Waals surface area (Å²) in [7, 11) is 0. The van der Waals surface area contributed by atoms with Crippen LogP contribution in [0.1, 0.15) is 29.9 Å². The second-order valence-corrected chi connectivity index (χ2v) is 6.96. The molecular formula is C21H18ClFN2O2. The number of hydrogen-bond acceptors (Lipinski definition) is 3. The predicted molar refractivity (Wildman–Crippen MR) is 105 cm³/mol. The first kappa shape index (κ1) is 19.0. The van der Waals surface area contributed by atoms with Gasteiger partial charge in [-0.15, -0.1) is 0 Å². The molecular weight excluding hydrogens is 367 g/mol. The molecule has 0 saturated carbocycles. The minimum Gasteiger partial charge on any atom is -0.319 e. The summed E-state index contributed by atoms with van der Waals surface area (Å²) in [6, 6.07) is 11.7. The molecule has 0 aliphatic carbocycles. The van der Waals surface area contributed by atoms with Gasteiger partial charge in [-0.05, 0) is 29.1 Å². The van der Waals surface area contributed by atoms with Crippen LogP contribution in [0, 0.1) is 11.7 Å². The van der Waals surface area contributed by atoms with Crippen molar-refractivity contribution in [2.24, 2.45) is 5.92 Å². The third kappa shape index (κ3) is 4.14. The number of rotatable bonds is 5. The number of fused-ring (bicyclic) bond motifs is 1. The first-order valence-corrected chi connectivity index (χ1v) is 8.90. The third-order valence-corrected chi connectivity index (χ3v) is 4.59. The molecule has 0 spiro atoms. The Kier molecular flexibility index (Phi) is 5.51. The monoisotopic (exact) mass is 384 g/mol. The van der Waals surface area contributed by atoms with E-state index >= 15 is 0 Å². The number of nitrogens with one attached hydrogen (secondary N) is 1. The molecule has 0 aliphatic rings. The van der Waals surface area contributed by atoms with E-state index in [9.17, 15) is 14.0 Å². The number of pyridine rings is 1. The molecule has 0 fully saturated rings. The van der Waals surface area contributed by atoms with Crippen LogP contribution in [-0.2, 0) is 11.2 Å². The van der Waals surface area contributed by atoms with Gasteiger partial charge < -0.3 is 5.32 Å². The molecule has 2 aromatic carbocycles. The highest BCUT2D eigenvalue weighted by Crippen LogP contribution is 2.27. The number of anilines is 1. The number of carbonyl (C=O) groups is 2. The zero-order valence-electron chi connectivity index (χ0n) is 14.9. The van der Waals surface area contributed by atoms with E-state index in [1.807, 2.05) is 18.2 Å². The first-order chi connectivity index (χ1) is 12.9. The predicted octanol–water partition coefficient (Wildman–Crippen LogP) is 5.05. The van der Waals surface area contributed by atoms with Crippen LogP contribution in [0.3, 0.4) is 0 Å². The highest BCUT2D eigenvalue weighted by Gasteiger charge is 2.17. The molecule has 1 aromatic heterocycles. The average Bonchev–Trinajstić information content (AvgIpc) is 2.65. The second kappa shape index (κ2) is 7.84. The SMILES string of the molecule is CC(C)C(=O)Cc1cc(Cl)c(NC(=O)c2nccc3ccccc23)cc1F. The van der Waals surface area contributed by atoms with E-state index in [1.165, 1.54) is 6.07 Å². The maximum Gasteiger partial charge on any atom is 0.274 e. The van der Waals surface area contributed by atoms with Gasteiger partial charge in [0.05, 0.1) is 10.7 Å². The Morgan fingerprint density at radius 2 is 1.93 bits per heavy atom. The van der Waals surface area contributed by atoms with E-state index in [1.54, 1.807) is 32.2 Å². The summed E-state index contributed by atoms with van der Waals surface area (Å²) >= 11 is 6.20. The number of hydrogen-bond donors (Lipinski definition) is 1. The van der Waals surface area contributed by atoms with Gasteiger partial charge in [0.1, 0.15) is 17.3 Å². The van der Waals surface area contributed by atoms with Gasteiger partial charge in [-0.2, -0.15) is 0 Å². The fourth-order valence-corrected chi connectivity index (χ4v) is 2.93. The molecule has 6 heteroatoms.